The maximum atomic E-state index is 12.3. The normalized spacial score (nSPS) is 10.8. The zero-order chi connectivity index (χ0) is 19.3. The van der Waals surface area contributed by atoms with Gasteiger partial charge in [-0.1, -0.05) is 35.5 Å². The fourth-order valence-corrected chi connectivity index (χ4v) is 3.50. The number of nitrogens with zero attached hydrogens (tertiary/aromatic N) is 5. The highest BCUT2D eigenvalue weighted by Gasteiger charge is 2.17. The van der Waals surface area contributed by atoms with Crippen LogP contribution in [0.25, 0.3) is 11.4 Å². The van der Waals surface area contributed by atoms with Gasteiger partial charge in [-0.15, -0.1) is 10.2 Å². The summed E-state index contributed by atoms with van der Waals surface area (Å²) >= 11 is 7.38. The molecule has 1 amide bonds. The number of anilines is 1. The summed E-state index contributed by atoms with van der Waals surface area (Å²) in [4.78, 5) is 16.4. The fraction of sp³-hybridized carbons (Fsp3) is 0.0526. The van der Waals surface area contributed by atoms with Gasteiger partial charge in [-0.3, -0.25) is 14.5 Å². The van der Waals surface area contributed by atoms with Crippen LogP contribution in [0, 0.1) is 0 Å². The van der Waals surface area contributed by atoms with E-state index in [2.05, 4.69) is 20.5 Å². The number of benzene rings is 1. The number of thioether (sulfide) groups is 1. The molecule has 0 radical (unpaired) electrons. The molecule has 4 rings (SSSR count). The molecule has 1 N–H and O–H groups in total. The van der Waals surface area contributed by atoms with Crippen LogP contribution in [0.4, 0.5) is 5.69 Å². The summed E-state index contributed by atoms with van der Waals surface area (Å²) in [5, 5.41) is 12.5. The van der Waals surface area contributed by atoms with E-state index < -0.39 is 0 Å². The van der Waals surface area contributed by atoms with E-state index in [9.17, 15) is 4.79 Å². The molecule has 0 unspecified atom stereocenters. The molecule has 9 heteroatoms. The van der Waals surface area contributed by atoms with Gasteiger partial charge in [0.15, 0.2) is 5.82 Å². The number of halogens is 1. The number of pyridine rings is 1. The van der Waals surface area contributed by atoms with Crippen molar-refractivity contribution in [3.63, 3.8) is 0 Å². The molecule has 3 aromatic heterocycles. The minimum absolute atomic E-state index is 0.168. The standard InChI is InChI=1S/C19H15ClN6OS/c20-15-5-1-2-6-16(15)22-17(27)13-28-19-24-23-18(14-7-9-21-10-8-14)26(19)25-11-3-4-12-25/h1-12H,13H2,(H,22,27). The third-order valence-corrected chi connectivity index (χ3v) is 5.10. The van der Waals surface area contributed by atoms with Crippen molar-refractivity contribution in [1.29, 1.82) is 0 Å². The first-order valence-corrected chi connectivity index (χ1v) is 9.75. The lowest BCUT2D eigenvalue weighted by Gasteiger charge is -2.11. The number of nitrogens with one attached hydrogen (secondary N) is 1. The van der Waals surface area contributed by atoms with Crippen LogP contribution in [0.3, 0.4) is 0 Å². The zero-order valence-electron chi connectivity index (χ0n) is 14.6. The third-order valence-electron chi connectivity index (χ3n) is 3.85. The molecule has 140 valence electrons. The summed E-state index contributed by atoms with van der Waals surface area (Å²) in [6.45, 7) is 0. The van der Waals surface area contributed by atoms with Gasteiger partial charge in [-0.2, -0.15) is 0 Å². The number of rotatable bonds is 6. The Kier molecular flexibility index (Phi) is 5.41. The maximum absolute atomic E-state index is 12.3. The van der Waals surface area contributed by atoms with Crippen LogP contribution in [0.15, 0.2) is 78.5 Å². The smallest absolute Gasteiger partial charge is 0.234 e. The molecule has 0 atom stereocenters. The Hall–Kier alpha value is -3.10. The maximum Gasteiger partial charge on any atom is 0.234 e. The second-order valence-corrected chi connectivity index (χ2v) is 7.08. The van der Waals surface area contributed by atoms with Crippen molar-refractivity contribution in [1.82, 2.24) is 24.5 Å². The van der Waals surface area contributed by atoms with E-state index in [1.807, 2.05) is 58.1 Å². The van der Waals surface area contributed by atoms with Crippen molar-refractivity contribution in [2.75, 3.05) is 11.1 Å². The van der Waals surface area contributed by atoms with Gasteiger partial charge in [-0.05, 0) is 36.4 Å². The number of hydrogen-bond acceptors (Lipinski definition) is 5. The second kappa shape index (κ2) is 8.28. The zero-order valence-corrected chi connectivity index (χ0v) is 16.1. The van der Waals surface area contributed by atoms with Crippen molar-refractivity contribution in [2.45, 2.75) is 5.16 Å². The topological polar surface area (TPSA) is 77.6 Å². The predicted octanol–water partition coefficient (Wildman–Crippen LogP) is 3.84. The highest BCUT2D eigenvalue weighted by Crippen LogP contribution is 2.25. The number of aromatic nitrogens is 5. The molecule has 1 aromatic carbocycles. The van der Waals surface area contributed by atoms with Gasteiger partial charge in [0.25, 0.3) is 0 Å². The Balaban J connectivity index is 1.56. The number of carbonyl (C=O) groups excluding carboxylic acids is 1. The van der Waals surface area contributed by atoms with Crippen LogP contribution in [0.2, 0.25) is 5.02 Å². The lowest BCUT2D eigenvalue weighted by atomic mass is 10.2. The molecule has 28 heavy (non-hydrogen) atoms. The van der Waals surface area contributed by atoms with Gasteiger partial charge < -0.3 is 5.32 Å². The van der Waals surface area contributed by atoms with Crippen LogP contribution in [-0.4, -0.2) is 36.2 Å². The fourth-order valence-electron chi connectivity index (χ4n) is 2.58. The minimum atomic E-state index is -0.175. The molecular weight excluding hydrogens is 396 g/mol. The Labute approximate surface area is 170 Å². The first-order chi connectivity index (χ1) is 13.7. The number of carbonyl (C=O) groups is 1. The summed E-state index contributed by atoms with van der Waals surface area (Å²) in [5.74, 6) is 0.652. The Morgan fingerprint density at radius 3 is 2.54 bits per heavy atom. The van der Waals surface area contributed by atoms with Crippen molar-refractivity contribution in [3.05, 3.63) is 78.3 Å². The molecule has 0 aliphatic carbocycles. The molecule has 3 heterocycles. The largest absolute Gasteiger partial charge is 0.324 e. The molecule has 0 spiro atoms. The molecule has 0 fully saturated rings. The van der Waals surface area contributed by atoms with E-state index in [1.165, 1.54) is 11.8 Å². The van der Waals surface area contributed by atoms with Crippen molar-refractivity contribution in [3.8, 4) is 11.4 Å². The van der Waals surface area contributed by atoms with Crippen molar-refractivity contribution in [2.24, 2.45) is 0 Å². The van der Waals surface area contributed by atoms with Crippen LogP contribution in [-0.2, 0) is 4.79 Å². The van der Waals surface area contributed by atoms with Crippen LogP contribution in [0.5, 0.6) is 0 Å². The van der Waals surface area contributed by atoms with Crippen LogP contribution < -0.4 is 5.32 Å². The van der Waals surface area contributed by atoms with E-state index in [4.69, 9.17) is 11.6 Å². The first kappa shape index (κ1) is 18.3. The van der Waals surface area contributed by atoms with Gasteiger partial charge in [0.2, 0.25) is 11.1 Å². The second-order valence-electron chi connectivity index (χ2n) is 5.73. The van der Waals surface area contributed by atoms with E-state index in [1.54, 1.807) is 24.5 Å². The lowest BCUT2D eigenvalue weighted by Crippen LogP contribution is -2.16. The highest BCUT2D eigenvalue weighted by atomic mass is 35.5. The Morgan fingerprint density at radius 2 is 1.79 bits per heavy atom. The minimum Gasteiger partial charge on any atom is -0.324 e. The molecule has 0 saturated heterocycles. The third kappa shape index (κ3) is 3.92. The van der Waals surface area contributed by atoms with E-state index in [-0.39, 0.29) is 11.7 Å². The summed E-state index contributed by atoms with van der Waals surface area (Å²) < 4.78 is 3.72. The van der Waals surface area contributed by atoms with Gasteiger partial charge in [0, 0.05) is 30.4 Å². The predicted molar refractivity (Wildman–Crippen MR) is 109 cm³/mol. The van der Waals surface area contributed by atoms with Gasteiger partial charge in [0.05, 0.1) is 16.5 Å². The summed E-state index contributed by atoms with van der Waals surface area (Å²) in [5.41, 5.74) is 1.46. The van der Waals surface area contributed by atoms with Crippen molar-refractivity contribution < 1.29 is 4.79 Å². The molecule has 0 aliphatic heterocycles. The van der Waals surface area contributed by atoms with E-state index >= 15 is 0 Å². The Bertz CT molecular complexity index is 1080. The van der Waals surface area contributed by atoms with E-state index in [0.29, 0.717) is 21.7 Å². The average Bonchev–Trinajstić information content (AvgIpc) is 3.38. The lowest BCUT2D eigenvalue weighted by molar-refractivity contribution is -0.113. The Morgan fingerprint density at radius 1 is 1.04 bits per heavy atom. The number of amides is 1. The molecule has 0 aliphatic rings. The van der Waals surface area contributed by atoms with Gasteiger partial charge in [-0.25, -0.2) is 4.68 Å². The SMILES string of the molecule is O=C(CSc1nnc(-c2ccncc2)n1-n1cccc1)Nc1ccccc1Cl. The van der Waals surface area contributed by atoms with Gasteiger partial charge in [0.1, 0.15) is 0 Å². The van der Waals surface area contributed by atoms with Gasteiger partial charge >= 0.3 is 0 Å². The van der Waals surface area contributed by atoms with Crippen LogP contribution >= 0.6 is 23.4 Å². The monoisotopic (exact) mass is 410 g/mol. The van der Waals surface area contributed by atoms with Crippen molar-refractivity contribution >= 4 is 35.0 Å². The average molecular weight is 411 g/mol. The summed E-state index contributed by atoms with van der Waals surface area (Å²) in [6, 6.07) is 14.7. The molecule has 4 aromatic rings. The number of hydrogen-bond donors (Lipinski definition) is 1. The van der Waals surface area contributed by atoms with Crippen LogP contribution in [0.1, 0.15) is 0 Å². The number of para-hydroxylation sites is 1. The molecule has 0 saturated carbocycles. The molecule has 0 bridgehead atoms. The summed E-state index contributed by atoms with van der Waals surface area (Å²) in [6.07, 6.45) is 7.19. The first-order valence-electron chi connectivity index (χ1n) is 8.39. The van der Waals surface area contributed by atoms with E-state index in [0.717, 1.165) is 5.56 Å². The highest BCUT2D eigenvalue weighted by molar-refractivity contribution is 7.99. The summed E-state index contributed by atoms with van der Waals surface area (Å²) in [7, 11) is 0. The quantitative estimate of drug-likeness (QED) is 0.489. The molecular formula is C19H15ClN6OS. The molecule has 7 nitrogen and oxygen atoms in total.